The van der Waals surface area contributed by atoms with Crippen LogP contribution in [-0.4, -0.2) is 48.2 Å². The topological polar surface area (TPSA) is 52.6 Å². The average molecular weight is 545 g/mol. The molecular weight excluding hydrogens is 480 g/mol. The van der Waals surface area contributed by atoms with Gasteiger partial charge in [-0.05, 0) is 149 Å². The van der Waals surface area contributed by atoms with Gasteiger partial charge in [-0.15, -0.1) is 0 Å². The third-order valence-corrected chi connectivity index (χ3v) is 12.9. The van der Waals surface area contributed by atoms with E-state index < -0.39 is 0 Å². The summed E-state index contributed by atoms with van der Waals surface area (Å²) in [7, 11) is 0. The fraction of sp³-hybridized carbons (Fsp3) is 0.971. The van der Waals surface area contributed by atoms with Crippen molar-refractivity contribution in [1.29, 1.82) is 0 Å². The van der Waals surface area contributed by atoms with Crippen molar-refractivity contribution in [3.63, 3.8) is 0 Å². The molecule has 4 nitrogen and oxygen atoms in total. The van der Waals surface area contributed by atoms with Gasteiger partial charge in [0.1, 0.15) is 0 Å². The Balaban J connectivity index is 1.22. The van der Waals surface area contributed by atoms with Gasteiger partial charge in [-0.3, -0.25) is 4.79 Å². The number of hydrogen-bond donors (Lipinski definition) is 2. The Morgan fingerprint density at radius 1 is 0.897 bits per heavy atom. The minimum absolute atomic E-state index is 0.0475. The number of hydrogen-bond acceptors (Lipinski definition) is 3. The van der Waals surface area contributed by atoms with Crippen LogP contribution in [0.25, 0.3) is 0 Å². The SMILES string of the molecule is CCCCN(CCCC)CCCNC(=O)CC[C@@H](C)C1CCC2C3CCC4C[C@H](O)CC[C@]4(C)C3CC[C@@]21C. The highest BCUT2D eigenvalue weighted by atomic mass is 16.3. The van der Waals surface area contributed by atoms with Gasteiger partial charge in [0.05, 0.1) is 6.10 Å². The van der Waals surface area contributed by atoms with E-state index in [1.165, 1.54) is 83.7 Å². The highest BCUT2D eigenvalue weighted by Crippen LogP contribution is 2.68. The Kier molecular flexibility index (Phi) is 11.3. The van der Waals surface area contributed by atoms with Crippen LogP contribution in [0.2, 0.25) is 0 Å². The first kappa shape index (κ1) is 31.3. The van der Waals surface area contributed by atoms with Gasteiger partial charge in [0, 0.05) is 13.0 Å². The quantitative estimate of drug-likeness (QED) is 0.219. The molecule has 1 amide bonds. The Bertz CT molecular complexity index is 764. The highest BCUT2D eigenvalue weighted by Gasteiger charge is 2.60. The molecule has 0 saturated heterocycles. The monoisotopic (exact) mass is 544 g/mol. The molecule has 9 atom stereocenters. The molecule has 0 aromatic rings. The van der Waals surface area contributed by atoms with E-state index in [1.807, 2.05) is 0 Å². The van der Waals surface area contributed by atoms with Crippen LogP contribution in [0.15, 0.2) is 0 Å². The average Bonchev–Trinajstić information content (AvgIpc) is 3.28. The first-order valence-electron chi connectivity index (χ1n) is 17.4. The maximum atomic E-state index is 12.8. The molecule has 4 heteroatoms. The van der Waals surface area contributed by atoms with Crippen LogP contribution in [0.3, 0.4) is 0 Å². The van der Waals surface area contributed by atoms with Crippen LogP contribution in [0.5, 0.6) is 0 Å². The number of unbranched alkanes of at least 4 members (excludes halogenated alkanes) is 2. The molecule has 4 fully saturated rings. The van der Waals surface area contributed by atoms with Crippen molar-refractivity contribution >= 4 is 5.91 Å². The minimum atomic E-state index is -0.0475. The lowest BCUT2D eigenvalue weighted by molar-refractivity contribution is -0.129. The van der Waals surface area contributed by atoms with Crippen LogP contribution in [0.4, 0.5) is 0 Å². The fourth-order valence-corrected chi connectivity index (χ4v) is 10.5. The lowest BCUT2D eigenvalue weighted by Gasteiger charge is -2.61. The summed E-state index contributed by atoms with van der Waals surface area (Å²) in [6.45, 7) is 16.6. The summed E-state index contributed by atoms with van der Waals surface area (Å²) in [5.74, 6) is 5.09. The van der Waals surface area contributed by atoms with E-state index in [1.54, 1.807) is 0 Å². The molecule has 5 unspecified atom stereocenters. The first-order chi connectivity index (χ1) is 18.7. The molecule has 0 aliphatic heterocycles. The van der Waals surface area contributed by atoms with Gasteiger partial charge >= 0.3 is 0 Å². The predicted octanol–water partition coefficient (Wildman–Crippen LogP) is 7.83. The van der Waals surface area contributed by atoms with E-state index in [0.717, 1.165) is 68.4 Å². The number of aliphatic hydroxyl groups excluding tert-OH is 1. The van der Waals surface area contributed by atoms with Crippen LogP contribution in [-0.2, 0) is 4.79 Å². The maximum Gasteiger partial charge on any atom is 0.220 e. The van der Waals surface area contributed by atoms with Crippen LogP contribution in [0, 0.1) is 46.3 Å². The predicted molar refractivity (Wildman–Crippen MR) is 164 cm³/mol. The molecule has 0 radical (unpaired) electrons. The largest absolute Gasteiger partial charge is 0.393 e. The Hall–Kier alpha value is -0.610. The zero-order chi connectivity index (χ0) is 28.0. The van der Waals surface area contributed by atoms with Crippen molar-refractivity contribution in [2.75, 3.05) is 26.2 Å². The second-order valence-corrected chi connectivity index (χ2v) is 15.1. The first-order valence-corrected chi connectivity index (χ1v) is 17.4. The number of aliphatic hydroxyl groups is 1. The molecule has 226 valence electrons. The van der Waals surface area contributed by atoms with Gasteiger partial charge in [-0.25, -0.2) is 0 Å². The fourth-order valence-electron chi connectivity index (χ4n) is 10.5. The van der Waals surface area contributed by atoms with E-state index in [9.17, 15) is 9.90 Å². The second kappa shape index (κ2) is 14.0. The van der Waals surface area contributed by atoms with Crippen molar-refractivity contribution in [2.45, 2.75) is 143 Å². The van der Waals surface area contributed by atoms with Gasteiger partial charge in [0.15, 0.2) is 0 Å². The molecule has 0 aromatic carbocycles. The number of fused-ring (bicyclic) bond motifs is 5. The standard InChI is InChI=1S/C35H64N2O2/c1-6-8-22-37(23-9-7-2)24-10-21-36-33(39)16-11-26(3)30-14-15-31-29-13-12-27-25-28(38)17-19-34(27,4)32(29)18-20-35(30,31)5/h26-32,38H,6-25H2,1-5H3,(H,36,39)/t26-,27?,28-,29?,30?,31?,32?,34+,35-/m1/s1. The van der Waals surface area contributed by atoms with E-state index in [2.05, 4.69) is 44.8 Å². The summed E-state index contributed by atoms with van der Waals surface area (Å²) in [5, 5.41) is 13.6. The molecule has 4 saturated carbocycles. The molecule has 4 aliphatic carbocycles. The summed E-state index contributed by atoms with van der Waals surface area (Å²) in [4.78, 5) is 15.3. The molecule has 39 heavy (non-hydrogen) atoms. The van der Waals surface area contributed by atoms with E-state index >= 15 is 0 Å². The molecule has 0 aromatic heterocycles. The van der Waals surface area contributed by atoms with E-state index in [4.69, 9.17) is 0 Å². The number of rotatable bonds is 14. The van der Waals surface area contributed by atoms with Crippen LogP contribution < -0.4 is 5.32 Å². The van der Waals surface area contributed by atoms with E-state index in [0.29, 0.717) is 23.2 Å². The summed E-state index contributed by atoms with van der Waals surface area (Å²) in [6.07, 6.45) is 19.5. The molecule has 0 bridgehead atoms. The van der Waals surface area contributed by atoms with Crippen molar-refractivity contribution in [1.82, 2.24) is 10.2 Å². The van der Waals surface area contributed by atoms with Gasteiger partial charge in [-0.1, -0.05) is 47.5 Å². The van der Waals surface area contributed by atoms with Crippen molar-refractivity contribution < 1.29 is 9.90 Å². The second-order valence-electron chi connectivity index (χ2n) is 15.1. The van der Waals surface area contributed by atoms with E-state index in [-0.39, 0.29) is 12.0 Å². The number of nitrogens with zero attached hydrogens (tertiary/aromatic N) is 1. The van der Waals surface area contributed by atoms with Crippen molar-refractivity contribution in [3.8, 4) is 0 Å². The lowest BCUT2D eigenvalue weighted by Crippen LogP contribution is -2.54. The van der Waals surface area contributed by atoms with Gasteiger partial charge in [0.25, 0.3) is 0 Å². The summed E-state index contributed by atoms with van der Waals surface area (Å²) >= 11 is 0. The molecule has 2 N–H and O–H groups in total. The Morgan fingerprint density at radius 2 is 1.56 bits per heavy atom. The minimum Gasteiger partial charge on any atom is -0.393 e. The smallest absolute Gasteiger partial charge is 0.220 e. The van der Waals surface area contributed by atoms with Gasteiger partial charge < -0.3 is 15.3 Å². The van der Waals surface area contributed by atoms with Gasteiger partial charge in [0.2, 0.25) is 5.91 Å². The number of carbonyl (C=O) groups is 1. The molecule has 0 spiro atoms. The summed E-state index contributed by atoms with van der Waals surface area (Å²) in [5.41, 5.74) is 0.934. The zero-order valence-corrected chi connectivity index (χ0v) is 26.5. The van der Waals surface area contributed by atoms with Crippen LogP contribution >= 0.6 is 0 Å². The molecular formula is C35H64N2O2. The number of carbonyl (C=O) groups excluding carboxylic acids is 1. The number of nitrogens with one attached hydrogen (secondary N) is 1. The maximum absolute atomic E-state index is 12.8. The summed E-state index contributed by atoms with van der Waals surface area (Å²) in [6, 6.07) is 0. The van der Waals surface area contributed by atoms with Crippen LogP contribution in [0.1, 0.15) is 137 Å². The Labute approximate surface area is 241 Å². The van der Waals surface area contributed by atoms with Gasteiger partial charge in [-0.2, -0.15) is 0 Å². The zero-order valence-electron chi connectivity index (χ0n) is 26.5. The molecule has 4 rings (SSSR count). The lowest BCUT2D eigenvalue weighted by atomic mass is 9.44. The normalized spacial score (nSPS) is 38.6. The summed E-state index contributed by atoms with van der Waals surface area (Å²) < 4.78 is 0. The Morgan fingerprint density at radius 3 is 2.28 bits per heavy atom. The van der Waals surface area contributed by atoms with Crippen molar-refractivity contribution in [2.24, 2.45) is 46.3 Å². The highest BCUT2D eigenvalue weighted by molar-refractivity contribution is 5.75. The molecule has 4 aliphatic rings. The third-order valence-electron chi connectivity index (χ3n) is 12.9. The third kappa shape index (κ3) is 7.07. The number of amides is 1. The molecule has 0 heterocycles. The van der Waals surface area contributed by atoms with Crippen molar-refractivity contribution in [3.05, 3.63) is 0 Å².